The van der Waals surface area contributed by atoms with Crippen molar-refractivity contribution in [1.29, 1.82) is 0 Å². The number of aliphatic hydroxyl groups excluding tert-OH is 1. The van der Waals surface area contributed by atoms with Gasteiger partial charge in [-0.1, -0.05) is 6.42 Å². The summed E-state index contributed by atoms with van der Waals surface area (Å²) in [6, 6.07) is 0. The third-order valence-electron chi connectivity index (χ3n) is 2.17. The maximum absolute atomic E-state index is 8.47. The molecule has 0 atom stereocenters. The molecule has 0 amide bonds. The minimum Gasteiger partial charge on any atom is -0.381 e. The molecule has 1 aliphatic rings. The summed E-state index contributed by atoms with van der Waals surface area (Å²) in [6.45, 7) is 4.59. The van der Waals surface area contributed by atoms with E-state index in [-0.39, 0.29) is 6.73 Å². The lowest BCUT2D eigenvalue weighted by molar-refractivity contribution is 0.209. The Hall–Kier alpha value is -0.120. The van der Waals surface area contributed by atoms with Gasteiger partial charge in [0.15, 0.2) is 0 Å². The first-order valence-electron chi connectivity index (χ1n) is 4.47. The maximum Gasteiger partial charge on any atom is 0.0931 e. The molecular formula is C8H18N2O. The van der Waals surface area contributed by atoms with Crippen LogP contribution in [0.1, 0.15) is 19.3 Å². The number of aliphatic hydroxyl groups is 1. The van der Waals surface area contributed by atoms with Crippen LogP contribution in [0.5, 0.6) is 0 Å². The molecule has 1 heterocycles. The first-order valence-corrected chi connectivity index (χ1v) is 4.47. The summed E-state index contributed by atoms with van der Waals surface area (Å²) in [5.74, 6) is 0. The highest BCUT2D eigenvalue weighted by Gasteiger charge is 2.08. The summed E-state index contributed by atoms with van der Waals surface area (Å²) in [4.78, 5) is 2.45. The summed E-state index contributed by atoms with van der Waals surface area (Å²) in [6.07, 6.45) is 4.09. The van der Waals surface area contributed by atoms with Crippen molar-refractivity contribution in [3.05, 3.63) is 0 Å². The molecule has 1 rings (SSSR count). The Morgan fingerprint density at radius 2 is 1.91 bits per heavy atom. The van der Waals surface area contributed by atoms with E-state index in [1.54, 1.807) is 0 Å². The van der Waals surface area contributed by atoms with Gasteiger partial charge < -0.3 is 10.0 Å². The fourth-order valence-electron chi connectivity index (χ4n) is 1.50. The first kappa shape index (κ1) is 8.97. The van der Waals surface area contributed by atoms with Gasteiger partial charge in [0, 0.05) is 13.1 Å². The van der Waals surface area contributed by atoms with E-state index in [2.05, 4.69) is 10.2 Å². The molecule has 0 aliphatic carbocycles. The van der Waals surface area contributed by atoms with Crippen molar-refractivity contribution in [3.63, 3.8) is 0 Å². The molecule has 0 saturated carbocycles. The largest absolute Gasteiger partial charge is 0.381 e. The van der Waals surface area contributed by atoms with E-state index in [0.717, 1.165) is 13.1 Å². The number of rotatable bonds is 4. The van der Waals surface area contributed by atoms with Gasteiger partial charge in [0.05, 0.1) is 6.73 Å². The van der Waals surface area contributed by atoms with Crippen LogP contribution in [0.25, 0.3) is 0 Å². The molecule has 0 bridgehead atoms. The van der Waals surface area contributed by atoms with Crippen molar-refractivity contribution in [2.24, 2.45) is 0 Å². The second-order valence-electron chi connectivity index (χ2n) is 3.06. The molecule has 3 nitrogen and oxygen atoms in total. The molecule has 0 aromatic rings. The predicted octanol–water partition coefficient (Wildman–Crippen LogP) is 0.0117. The molecule has 0 spiro atoms. The molecule has 0 aromatic carbocycles. The number of hydrogen-bond donors (Lipinski definition) is 2. The van der Waals surface area contributed by atoms with Gasteiger partial charge >= 0.3 is 0 Å². The van der Waals surface area contributed by atoms with Crippen molar-refractivity contribution in [2.75, 3.05) is 32.9 Å². The summed E-state index contributed by atoms with van der Waals surface area (Å²) in [7, 11) is 0. The minimum absolute atomic E-state index is 0.105. The molecule has 0 unspecified atom stereocenters. The second kappa shape index (κ2) is 5.52. The zero-order valence-electron chi connectivity index (χ0n) is 7.05. The van der Waals surface area contributed by atoms with Gasteiger partial charge in [-0.2, -0.15) is 0 Å². The molecule has 11 heavy (non-hydrogen) atoms. The van der Waals surface area contributed by atoms with Crippen molar-refractivity contribution < 1.29 is 5.11 Å². The summed E-state index contributed by atoms with van der Waals surface area (Å²) in [5, 5.41) is 11.4. The summed E-state index contributed by atoms with van der Waals surface area (Å²) in [5.41, 5.74) is 0. The standard InChI is InChI=1S/C8H18N2O/c11-8-9-4-7-10-5-2-1-3-6-10/h9,11H,1-8H2. The van der Waals surface area contributed by atoms with Crippen LogP contribution in [0.4, 0.5) is 0 Å². The number of piperidine rings is 1. The van der Waals surface area contributed by atoms with Crippen molar-refractivity contribution >= 4 is 0 Å². The van der Waals surface area contributed by atoms with Crippen LogP contribution in [0.3, 0.4) is 0 Å². The van der Waals surface area contributed by atoms with E-state index < -0.39 is 0 Å². The minimum atomic E-state index is 0.105. The van der Waals surface area contributed by atoms with Gasteiger partial charge in [0.25, 0.3) is 0 Å². The lowest BCUT2D eigenvalue weighted by atomic mass is 10.1. The first-order chi connectivity index (χ1) is 5.43. The second-order valence-corrected chi connectivity index (χ2v) is 3.06. The van der Waals surface area contributed by atoms with Crippen molar-refractivity contribution in [1.82, 2.24) is 10.2 Å². The molecular weight excluding hydrogens is 140 g/mol. The van der Waals surface area contributed by atoms with Gasteiger partial charge in [-0.15, -0.1) is 0 Å². The van der Waals surface area contributed by atoms with Crippen LogP contribution in [-0.4, -0.2) is 42.9 Å². The van der Waals surface area contributed by atoms with Crippen LogP contribution >= 0.6 is 0 Å². The number of hydrogen-bond acceptors (Lipinski definition) is 3. The van der Waals surface area contributed by atoms with E-state index in [1.165, 1.54) is 32.4 Å². The molecule has 3 heteroatoms. The Labute approximate surface area is 68.4 Å². The monoisotopic (exact) mass is 158 g/mol. The molecule has 1 aliphatic heterocycles. The number of nitrogens with zero attached hydrogens (tertiary/aromatic N) is 1. The van der Waals surface area contributed by atoms with Crippen LogP contribution < -0.4 is 5.32 Å². The topological polar surface area (TPSA) is 35.5 Å². The third kappa shape index (κ3) is 3.70. The summed E-state index contributed by atoms with van der Waals surface area (Å²) < 4.78 is 0. The average Bonchev–Trinajstić information content (AvgIpc) is 2.07. The quantitative estimate of drug-likeness (QED) is 0.447. The highest BCUT2D eigenvalue weighted by atomic mass is 16.3. The van der Waals surface area contributed by atoms with Gasteiger partial charge in [-0.25, -0.2) is 0 Å². The van der Waals surface area contributed by atoms with Crippen LogP contribution in [0.15, 0.2) is 0 Å². The molecule has 1 saturated heterocycles. The number of nitrogens with one attached hydrogen (secondary N) is 1. The molecule has 0 radical (unpaired) electrons. The van der Waals surface area contributed by atoms with Gasteiger partial charge in [-0.05, 0) is 25.9 Å². The van der Waals surface area contributed by atoms with Crippen LogP contribution in [0.2, 0.25) is 0 Å². The lowest BCUT2D eigenvalue weighted by Gasteiger charge is -2.26. The SMILES string of the molecule is OCNCCN1CCCCC1. The molecule has 1 fully saturated rings. The van der Waals surface area contributed by atoms with E-state index in [9.17, 15) is 0 Å². The average molecular weight is 158 g/mol. The van der Waals surface area contributed by atoms with Gasteiger partial charge in [0.2, 0.25) is 0 Å². The zero-order valence-corrected chi connectivity index (χ0v) is 7.05. The Morgan fingerprint density at radius 1 is 1.18 bits per heavy atom. The lowest BCUT2D eigenvalue weighted by Crippen LogP contribution is -2.35. The van der Waals surface area contributed by atoms with Crippen molar-refractivity contribution in [2.45, 2.75) is 19.3 Å². The smallest absolute Gasteiger partial charge is 0.0931 e. The Kier molecular flexibility index (Phi) is 4.50. The molecule has 0 aromatic heterocycles. The number of likely N-dealkylation sites (tertiary alicyclic amines) is 1. The molecule has 66 valence electrons. The Balaban J connectivity index is 1.96. The van der Waals surface area contributed by atoms with Crippen molar-refractivity contribution in [3.8, 4) is 0 Å². The maximum atomic E-state index is 8.47. The van der Waals surface area contributed by atoms with E-state index in [4.69, 9.17) is 5.11 Å². The van der Waals surface area contributed by atoms with Gasteiger partial charge in [-0.3, -0.25) is 5.32 Å². The Bertz CT molecular complexity index is 92.1. The highest BCUT2D eigenvalue weighted by Crippen LogP contribution is 2.06. The Morgan fingerprint density at radius 3 is 2.55 bits per heavy atom. The predicted molar refractivity (Wildman–Crippen MR) is 45.4 cm³/mol. The fraction of sp³-hybridized carbons (Fsp3) is 1.00. The normalized spacial score (nSPS) is 20.5. The van der Waals surface area contributed by atoms with Crippen LogP contribution in [-0.2, 0) is 0 Å². The molecule has 2 N–H and O–H groups in total. The zero-order chi connectivity index (χ0) is 7.94. The third-order valence-corrected chi connectivity index (χ3v) is 2.17. The van der Waals surface area contributed by atoms with E-state index >= 15 is 0 Å². The van der Waals surface area contributed by atoms with Gasteiger partial charge in [0.1, 0.15) is 0 Å². The summed E-state index contributed by atoms with van der Waals surface area (Å²) >= 11 is 0. The van der Waals surface area contributed by atoms with Crippen LogP contribution in [0, 0.1) is 0 Å². The fourth-order valence-corrected chi connectivity index (χ4v) is 1.50. The van der Waals surface area contributed by atoms with E-state index in [1.807, 2.05) is 0 Å². The van der Waals surface area contributed by atoms with E-state index in [0.29, 0.717) is 0 Å². The highest BCUT2D eigenvalue weighted by molar-refractivity contribution is 4.64.